The van der Waals surface area contributed by atoms with E-state index in [4.69, 9.17) is 11.1 Å². The highest BCUT2D eigenvalue weighted by Crippen LogP contribution is 2.74. The van der Waals surface area contributed by atoms with Crippen LogP contribution in [0.25, 0.3) is 20.9 Å². The summed E-state index contributed by atoms with van der Waals surface area (Å²) in [5, 5.41) is 26.9. The molecule has 8 nitrogen and oxygen atoms in total. The van der Waals surface area contributed by atoms with Crippen LogP contribution in [-0.4, -0.2) is 34.0 Å². The summed E-state index contributed by atoms with van der Waals surface area (Å²) in [5.41, 5.74) is 7.91. The summed E-state index contributed by atoms with van der Waals surface area (Å²) in [4.78, 5) is 4.74. The lowest BCUT2D eigenvalue weighted by molar-refractivity contribution is -0.424. The molecule has 0 saturated heterocycles. The Bertz CT molecular complexity index is 723. The lowest BCUT2D eigenvalue weighted by atomic mass is 9.39. The molecule has 28 heavy (non-hydrogen) atoms. The van der Waals surface area contributed by atoms with E-state index in [0.717, 1.165) is 0 Å². The molecule has 4 aliphatic rings. The van der Waals surface area contributed by atoms with E-state index in [1.165, 1.54) is 0 Å². The van der Waals surface area contributed by atoms with Crippen LogP contribution in [0.15, 0.2) is 10.2 Å². The molecule has 4 rings (SSSR count). The van der Waals surface area contributed by atoms with Crippen LogP contribution in [0, 0.1) is 22.7 Å². The van der Waals surface area contributed by atoms with E-state index < -0.39 is 65.7 Å². The Morgan fingerprint density at radius 3 is 1.54 bits per heavy atom. The van der Waals surface area contributed by atoms with Gasteiger partial charge in [-0.1, -0.05) is 10.2 Å². The molecule has 0 amide bonds. The van der Waals surface area contributed by atoms with Crippen molar-refractivity contribution < 1.29 is 36.6 Å². The van der Waals surface area contributed by atoms with Crippen LogP contribution in [-0.2, 0) is 0 Å². The predicted molar refractivity (Wildman–Crippen MR) is 79.8 cm³/mol. The minimum absolute atomic E-state index is 0.0778. The summed E-state index contributed by atoms with van der Waals surface area (Å²) in [6.45, 7) is 0. The van der Waals surface area contributed by atoms with Gasteiger partial charge < -0.3 is 10.2 Å². The topological polar surface area (TPSA) is 138 Å². The second kappa shape index (κ2) is 5.82. The van der Waals surface area contributed by atoms with Gasteiger partial charge in [0.15, 0.2) is 0 Å². The fraction of sp³-hybridized carbons (Fsp3) is 1.00. The fourth-order valence-electron chi connectivity index (χ4n) is 6.20. The highest BCUT2D eigenvalue weighted by atomic mass is 19.4. The molecule has 2 N–H and O–H groups in total. The number of hydrogen-bond donors (Lipinski definition) is 2. The highest BCUT2D eigenvalue weighted by Gasteiger charge is 2.83. The van der Waals surface area contributed by atoms with Crippen LogP contribution in [0.2, 0.25) is 0 Å². The minimum atomic E-state index is -6.02. The van der Waals surface area contributed by atoms with Crippen molar-refractivity contribution in [1.29, 1.82) is 0 Å². The largest absolute Gasteiger partial charge is 0.426 e. The summed E-state index contributed by atoms with van der Waals surface area (Å²) in [7, 11) is 0. The lowest BCUT2D eigenvalue weighted by Crippen LogP contribution is -2.73. The number of rotatable bonds is 4. The molecular weight excluding hydrogens is 398 g/mol. The molecule has 0 heterocycles. The molecular formula is C14H16F6N6O2. The van der Waals surface area contributed by atoms with Crippen LogP contribution in [0.1, 0.15) is 38.5 Å². The summed E-state index contributed by atoms with van der Waals surface area (Å²) >= 11 is 0. The average Bonchev–Trinajstić information content (AvgIpc) is 2.51. The van der Waals surface area contributed by atoms with Crippen molar-refractivity contribution >= 4 is 0 Å². The zero-order valence-electron chi connectivity index (χ0n) is 14.2. The molecule has 0 aliphatic heterocycles. The highest BCUT2D eigenvalue weighted by molar-refractivity contribution is 5.21. The first kappa shape index (κ1) is 20.8. The van der Waals surface area contributed by atoms with Gasteiger partial charge in [0.2, 0.25) is 5.85 Å². The Morgan fingerprint density at radius 1 is 0.786 bits per heavy atom. The van der Waals surface area contributed by atoms with Gasteiger partial charge in [-0.05, 0) is 61.4 Å². The van der Waals surface area contributed by atoms with Crippen molar-refractivity contribution in [3.63, 3.8) is 0 Å². The molecule has 4 saturated carbocycles. The lowest BCUT2D eigenvalue weighted by Gasteiger charge is -2.67. The number of azide groups is 1. The van der Waals surface area contributed by atoms with Gasteiger partial charge in [0.25, 0.3) is 5.60 Å². The number of halogens is 6. The maximum Gasteiger partial charge on any atom is 0.426 e. The Morgan fingerprint density at radius 2 is 1.18 bits per heavy atom. The molecule has 0 aromatic rings. The summed E-state index contributed by atoms with van der Waals surface area (Å²) in [6, 6.07) is 0. The van der Waals surface area contributed by atoms with Gasteiger partial charge in [-0.15, -0.1) is 0 Å². The molecule has 0 aromatic carbocycles. The van der Waals surface area contributed by atoms with E-state index in [-0.39, 0.29) is 12.8 Å². The van der Waals surface area contributed by atoms with Crippen LogP contribution in [0.3, 0.4) is 0 Å². The van der Waals surface area contributed by atoms with Gasteiger partial charge in [0, 0.05) is 20.7 Å². The third-order valence-corrected chi connectivity index (χ3v) is 6.73. The van der Waals surface area contributed by atoms with Crippen LogP contribution < -0.4 is 0 Å². The third kappa shape index (κ3) is 2.48. The number of aliphatic hydroxyl groups is 2. The molecule has 4 fully saturated rings. The molecule has 2 atom stereocenters. The van der Waals surface area contributed by atoms with E-state index in [1.807, 2.05) is 0 Å². The second-order valence-electron chi connectivity index (χ2n) is 8.24. The SMILES string of the molecule is [N-]=[N+]=NC(O)(N=[N+]=[N-])C12CC3CC(C1)CC(C(O)(C(F)(F)F)C(F)(F)F)(C3)C2. The Balaban J connectivity index is 2.23. The molecule has 14 heteroatoms. The standard InChI is InChI=1S/C14H16F6N6O2/c15-12(16,17)11(27,13(18,19)20)9-2-7-1-8(3-9)5-10(4-7,6-9)14(28,23-25-21)24-26-22/h7-8,27-28H,1-6H2. The van der Waals surface area contributed by atoms with Gasteiger partial charge in [-0.2, -0.15) is 26.3 Å². The van der Waals surface area contributed by atoms with Gasteiger partial charge in [0.05, 0.1) is 0 Å². The Hall–Kier alpha value is -1.88. The first-order valence-corrected chi connectivity index (χ1v) is 8.40. The zero-order valence-corrected chi connectivity index (χ0v) is 14.2. The van der Waals surface area contributed by atoms with Crippen molar-refractivity contribution in [2.45, 2.75) is 62.3 Å². The summed E-state index contributed by atoms with van der Waals surface area (Å²) in [6.07, 6.45) is -13.9. The first-order chi connectivity index (χ1) is 12.7. The molecule has 4 aliphatic carbocycles. The van der Waals surface area contributed by atoms with Crippen molar-refractivity contribution in [1.82, 2.24) is 0 Å². The number of alkyl halides is 6. The van der Waals surface area contributed by atoms with Gasteiger partial charge in [-0.25, -0.2) is 0 Å². The van der Waals surface area contributed by atoms with Gasteiger partial charge in [-0.3, -0.25) is 0 Å². The molecule has 4 bridgehead atoms. The Labute approximate surface area is 153 Å². The van der Waals surface area contributed by atoms with Gasteiger partial charge in [0.1, 0.15) is 0 Å². The average molecular weight is 414 g/mol. The predicted octanol–water partition coefficient (Wildman–Crippen LogP) is 4.70. The Kier molecular flexibility index (Phi) is 4.33. The van der Waals surface area contributed by atoms with Crippen LogP contribution in [0.5, 0.6) is 0 Å². The van der Waals surface area contributed by atoms with E-state index in [0.29, 0.717) is 6.42 Å². The zero-order chi connectivity index (χ0) is 21.2. The monoisotopic (exact) mass is 414 g/mol. The van der Waals surface area contributed by atoms with Crippen LogP contribution in [0.4, 0.5) is 26.3 Å². The van der Waals surface area contributed by atoms with Gasteiger partial charge >= 0.3 is 12.4 Å². The normalized spacial score (nSPS) is 37.0. The number of hydrogen-bond acceptors (Lipinski definition) is 4. The third-order valence-electron chi connectivity index (χ3n) is 6.73. The second-order valence-corrected chi connectivity index (χ2v) is 8.24. The van der Waals surface area contributed by atoms with E-state index in [9.17, 15) is 36.6 Å². The molecule has 2 unspecified atom stereocenters. The fourth-order valence-corrected chi connectivity index (χ4v) is 6.20. The maximum atomic E-state index is 13.6. The van der Waals surface area contributed by atoms with Crippen molar-refractivity contribution in [2.24, 2.45) is 32.9 Å². The maximum absolute atomic E-state index is 13.6. The molecule has 0 radical (unpaired) electrons. The van der Waals surface area contributed by atoms with Crippen molar-refractivity contribution in [3.05, 3.63) is 20.9 Å². The molecule has 156 valence electrons. The van der Waals surface area contributed by atoms with Crippen molar-refractivity contribution in [2.75, 3.05) is 0 Å². The summed E-state index contributed by atoms with van der Waals surface area (Å²) in [5.74, 6) is -4.25. The molecule has 0 aromatic heterocycles. The quantitative estimate of drug-likeness (QED) is 0.298. The number of nitrogens with zero attached hydrogens (tertiary/aromatic N) is 6. The summed E-state index contributed by atoms with van der Waals surface area (Å²) < 4.78 is 81.8. The van der Waals surface area contributed by atoms with Crippen molar-refractivity contribution in [3.8, 4) is 0 Å². The van der Waals surface area contributed by atoms with E-state index in [2.05, 4.69) is 20.1 Å². The van der Waals surface area contributed by atoms with Crippen LogP contribution >= 0.6 is 0 Å². The smallest absolute Gasteiger partial charge is 0.379 e. The minimum Gasteiger partial charge on any atom is -0.379 e. The first-order valence-electron chi connectivity index (χ1n) is 8.40. The molecule has 0 spiro atoms. The van der Waals surface area contributed by atoms with E-state index in [1.54, 1.807) is 0 Å². The van der Waals surface area contributed by atoms with E-state index >= 15 is 0 Å².